The van der Waals surface area contributed by atoms with Crippen LogP contribution in [0, 0.1) is 0 Å². The summed E-state index contributed by atoms with van der Waals surface area (Å²) in [7, 11) is 0. The fourth-order valence-electron chi connectivity index (χ4n) is 5.02. The van der Waals surface area contributed by atoms with Crippen LogP contribution < -0.4 is 0 Å². The van der Waals surface area contributed by atoms with Gasteiger partial charge in [0.2, 0.25) is 0 Å². The molecule has 0 radical (unpaired) electrons. The van der Waals surface area contributed by atoms with E-state index in [4.69, 9.17) is 9.98 Å². The van der Waals surface area contributed by atoms with Crippen LogP contribution in [0.25, 0.3) is 0 Å². The molecule has 2 aromatic carbocycles. The van der Waals surface area contributed by atoms with Crippen LogP contribution in [-0.4, -0.2) is 22.5 Å². The molecule has 5 rings (SSSR count). The van der Waals surface area contributed by atoms with Crippen molar-refractivity contribution in [1.82, 2.24) is 0 Å². The molecule has 132 valence electrons. The van der Waals surface area contributed by atoms with Gasteiger partial charge in [-0.2, -0.15) is 0 Å². The van der Waals surface area contributed by atoms with E-state index in [0.29, 0.717) is 0 Å². The highest BCUT2D eigenvalue weighted by Gasteiger charge is 2.60. The number of aliphatic imine (C=N–C) groups is 2. The monoisotopic (exact) mass is 470 g/mol. The minimum Gasteiger partial charge on any atom is -0.279 e. The molecule has 0 aromatic heterocycles. The highest BCUT2D eigenvalue weighted by atomic mass is 79.9. The van der Waals surface area contributed by atoms with Gasteiger partial charge in [0, 0.05) is 33.2 Å². The van der Waals surface area contributed by atoms with Gasteiger partial charge in [-0.25, -0.2) is 0 Å². The van der Waals surface area contributed by atoms with Crippen molar-refractivity contribution in [2.45, 2.75) is 49.6 Å². The van der Waals surface area contributed by atoms with Crippen molar-refractivity contribution in [3.8, 4) is 0 Å². The third-order valence-electron chi connectivity index (χ3n) is 6.23. The third-order valence-corrected chi connectivity index (χ3v) is 7.22. The Morgan fingerprint density at radius 2 is 1.15 bits per heavy atom. The summed E-state index contributed by atoms with van der Waals surface area (Å²) in [6.45, 7) is 0. The summed E-state index contributed by atoms with van der Waals surface area (Å²) in [5, 5.41) is 0. The van der Waals surface area contributed by atoms with E-state index in [-0.39, 0.29) is 11.1 Å². The van der Waals surface area contributed by atoms with E-state index in [1.807, 2.05) is 0 Å². The largest absolute Gasteiger partial charge is 0.279 e. The smallest absolute Gasteiger partial charge is 0.0921 e. The maximum Gasteiger partial charge on any atom is 0.0921 e. The lowest BCUT2D eigenvalue weighted by Crippen LogP contribution is -2.47. The molecule has 2 unspecified atom stereocenters. The Morgan fingerprint density at radius 1 is 0.692 bits per heavy atom. The minimum absolute atomic E-state index is 0.0272. The number of hydrogen-bond acceptors (Lipinski definition) is 2. The van der Waals surface area contributed by atoms with Gasteiger partial charge in [0.25, 0.3) is 0 Å². The fraction of sp³-hybridized carbons (Fsp3) is 0.364. The molecule has 0 saturated heterocycles. The maximum atomic E-state index is 5.37. The molecule has 1 fully saturated rings. The van der Waals surface area contributed by atoms with Gasteiger partial charge in [-0.1, -0.05) is 69.0 Å². The first-order chi connectivity index (χ1) is 12.6. The van der Waals surface area contributed by atoms with Crippen molar-refractivity contribution in [3.05, 3.63) is 68.6 Å². The molecule has 4 heteroatoms. The predicted octanol–water partition coefficient (Wildman–Crippen LogP) is 6.35. The number of halogens is 2. The lowest BCUT2D eigenvalue weighted by Gasteiger charge is -2.40. The molecule has 0 bridgehead atoms. The molecule has 1 saturated carbocycles. The van der Waals surface area contributed by atoms with E-state index in [1.54, 1.807) is 0 Å². The summed E-state index contributed by atoms with van der Waals surface area (Å²) in [4.78, 5) is 10.7. The first-order valence-corrected chi connectivity index (χ1v) is 10.9. The molecule has 3 aliphatic rings. The van der Waals surface area contributed by atoms with Crippen molar-refractivity contribution < 1.29 is 0 Å². The Bertz CT molecular complexity index is 871. The standard InChI is InChI=1S/C22H20Br2N2/c23-17-7-3-5-15(11-17)19-13-21-9-1-2-10-22(21,26-19)14-20(25-21)16-6-4-8-18(24)12-16/h3-8,11-12H,1-2,9-10,13-14H2. The molecular formula is C22H20Br2N2. The van der Waals surface area contributed by atoms with Crippen molar-refractivity contribution in [3.63, 3.8) is 0 Å². The fourth-order valence-corrected chi connectivity index (χ4v) is 5.82. The zero-order valence-electron chi connectivity index (χ0n) is 14.5. The van der Waals surface area contributed by atoms with Gasteiger partial charge in [0.05, 0.1) is 11.1 Å². The lowest BCUT2D eigenvalue weighted by atomic mass is 9.67. The molecule has 2 atom stereocenters. The summed E-state index contributed by atoms with van der Waals surface area (Å²) in [5.41, 5.74) is 4.92. The highest BCUT2D eigenvalue weighted by molar-refractivity contribution is 9.10. The molecule has 1 aliphatic carbocycles. The van der Waals surface area contributed by atoms with E-state index in [2.05, 4.69) is 80.4 Å². The summed E-state index contributed by atoms with van der Waals surface area (Å²) < 4.78 is 2.23. The average molecular weight is 472 g/mol. The third kappa shape index (κ3) is 2.56. The van der Waals surface area contributed by atoms with Crippen LogP contribution >= 0.6 is 31.9 Å². The SMILES string of the molecule is Brc1cccc(C2=NC34CCCCC3(C2)N=C(c2cccc(Br)c2)C4)c1. The first kappa shape index (κ1) is 16.9. The van der Waals surface area contributed by atoms with Crippen molar-refractivity contribution in [2.24, 2.45) is 9.98 Å². The predicted molar refractivity (Wildman–Crippen MR) is 115 cm³/mol. The van der Waals surface area contributed by atoms with Gasteiger partial charge in [-0.05, 0) is 48.2 Å². The first-order valence-electron chi connectivity index (χ1n) is 9.29. The van der Waals surface area contributed by atoms with E-state index in [0.717, 1.165) is 34.6 Å². The lowest BCUT2D eigenvalue weighted by molar-refractivity contribution is 0.198. The molecule has 2 aromatic rings. The van der Waals surface area contributed by atoms with E-state index < -0.39 is 0 Å². The molecule has 0 spiro atoms. The molecule has 2 aliphatic heterocycles. The Balaban J connectivity index is 1.56. The molecule has 2 nitrogen and oxygen atoms in total. The molecule has 2 heterocycles. The second kappa shape index (κ2) is 6.13. The van der Waals surface area contributed by atoms with Gasteiger partial charge < -0.3 is 0 Å². The molecule has 26 heavy (non-hydrogen) atoms. The van der Waals surface area contributed by atoms with Gasteiger partial charge in [0.15, 0.2) is 0 Å². The van der Waals surface area contributed by atoms with Crippen molar-refractivity contribution >= 4 is 43.3 Å². The van der Waals surface area contributed by atoms with Crippen molar-refractivity contribution in [2.75, 3.05) is 0 Å². The Labute approximate surface area is 171 Å². The summed E-state index contributed by atoms with van der Waals surface area (Å²) in [5.74, 6) is 0. The van der Waals surface area contributed by atoms with Crippen LogP contribution in [0.1, 0.15) is 49.7 Å². The maximum absolute atomic E-state index is 5.37. The zero-order valence-corrected chi connectivity index (χ0v) is 17.7. The summed E-state index contributed by atoms with van der Waals surface area (Å²) in [6, 6.07) is 17.1. The van der Waals surface area contributed by atoms with Gasteiger partial charge in [-0.15, -0.1) is 0 Å². The molecule has 0 N–H and O–H groups in total. The Hall–Kier alpha value is -1.26. The van der Waals surface area contributed by atoms with Gasteiger partial charge in [-0.3, -0.25) is 9.98 Å². The van der Waals surface area contributed by atoms with Gasteiger partial charge >= 0.3 is 0 Å². The van der Waals surface area contributed by atoms with Crippen LogP contribution in [0.4, 0.5) is 0 Å². The van der Waals surface area contributed by atoms with Crippen LogP contribution in [-0.2, 0) is 0 Å². The topological polar surface area (TPSA) is 24.7 Å². The number of hydrogen-bond donors (Lipinski definition) is 0. The minimum atomic E-state index is -0.0272. The Morgan fingerprint density at radius 3 is 1.58 bits per heavy atom. The number of nitrogens with zero attached hydrogens (tertiary/aromatic N) is 2. The van der Waals surface area contributed by atoms with E-state index >= 15 is 0 Å². The normalized spacial score (nSPS) is 29.8. The quantitative estimate of drug-likeness (QED) is 0.487. The number of rotatable bonds is 2. The average Bonchev–Trinajstić information content (AvgIpc) is 3.13. The van der Waals surface area contributed by atoms with Crippen molar-refractivity contribution in [1.29, 1.82) is 0 Å². The van der Waals surface area contributed by atoms with Gasteiger partial charge in [0.1, 0.15) is 0 Å². The molecule has 0 amide bonds. The second-order valence-corrected chi connectivity index (χ2v) is 9.59. The Kier molecular flexibility index (Phi) is 3.98. The summed E-state index contributed by atoms with van der Waals surface area (Å²) in [6.07, 6.45) is 6.79. The second-order valence-electron chi connectivity index (χ2n) is 7.76. The van der Waals surface area contributed by atoms with Crippen LogP contribution in [0.5, 0.6) is 0 Å². The van der Waals surface area contributed by atoms with Crippen LogP contribution in [0.2, 0.25) is 0 Å². The molecular weight excluding hydrogens is 452 g/mol. The van der Waals surface area contributed by atoms with Crippen LogP contribution in [0.3, 0.4) is 0 Å². The van der Waals surface area contributed by atoms with E-state index in [9.17, 15) is 0 Å². The van der Waals surface area contributed by atoms with Crippen LogP contribution in [0.15, 0.2) is 67.5 Å². The highest BCUT2D eigenvalue weighted by Crippen LogP contribution is 2.56. The number of benzene rings is 2. The summed E-state index contributed by atoms with van der Waals surface area (Å²) >= 11 is 7.21. The zero-order chi connectivity index (χ0) is 17.8. The van der Waals surface area contributed by atoms with E-state index in [1.165, 1.54) is 35.4 Å².